The van der Waals surface area contributed by atoms with Crippen LogP contribution >= 0.6 is 0 Å². The zero-order chi connectivity index (χ0) is 9.40. The molecule has 0 aliphatic heterocycles. The summed E-state index contributed by atoms with van der Waals surface area (Å²) < 4.78 is 9.27. The maximum atomic E-state index is 10.7. The predicted octanol–water partition coefficient (Wildman–Crippen LogP) is 0.893. The van der Waals surface area contributed by atoms with E-state index >= 15 is 0 Å². The van der Waals surface area contributed by atoms with E-state index in [0.29, 0.717) is 6.42 Å². The second kappa shape index (κ2) is 6.64. The van der Waals surface area contributed by atoms with E-state index in [2.05, 4.69) is 4.74 Å². The molecule has 0 spiro atoms. The van der Waals surface area contributed by atoms with Crippen LogP contribution in [-0.4, -0.2) is 25.2 Å². The number of esters is 2. The van der Waals surface area contributed by atoms with Gasteiger partial charge in [-0.1, -0.05) is 6.92 Å². The zero-order valence-electron chi connectivity index (χ0n) is 7.46. The van der Waals surface area contributed by atoms with Crippen LogP contribution in [-0.2, 0) is 19.1 Å². The molecular weight excluding hydrogens is 160 g/mol. The monoisotopic (exact) mass is 174 g/mol. The molecule has 4 nitrogen and oxygen atoms in total. The van der Waals surface area contributed by atoms with E-state index in [9.17, 15) is 9.59 Å². The van der Waals surface area contributed by atoms with Crippen LogP contribution in [0, 0.1) is 0 Å². The van der Waals surface area contributed by atoms with Crippen LogP contribution in [0.4, 0.5) is 0 Å². The van der Waals surface area contributed by atoms with E-state index in [4.69, 9.17) is 4.74 Å². The van der Waals surface area contributed by atoms with E-state index in [-0.39, 0.29) is 25.2 Å². The van der Waals surface area contributed by atoms with Crippen molar-refractivity contribution in [3.8, 4) is 0 Å². The maximum Gasteiger partial charge on any atom is 0.305 e. The maximum absolute atomic E-state index is 10.7. The van der Waals surface area contributed by atoms with Crippen LogP contribution in [0.5, 0.6) is 0 Å². The molecule has 0 aromatic heterocycles. The Balaban J connectivity index is 3.19. The summed E-state index contributed by atoms with van der Waals surface area (Å²) in [7, 11) is 0. The number of rotatable bonds is 5. The van der Waals surface area contributed by atoms with Crippen molar-refractivity contribution >= 4 is 11.9 Å². The van der Waals surface area contributed by atoms with Gasteiger partial charge >= 0.3 is 11.9 Å². The summed E-state index contributed by atoms with van der Waals surface area (Å²) in [5.74, 6) is -0.605. The lowest BCUT2D eigenvalue weighted by molar-refractivity contribution is -0.151. The highest BCUT2D eigenvalue weighted by Crippen LogP contribution is 1.90. The molecule has 0 heterocycles. The first-order chi connectivity index (χ1) is 5.66. The molecule has 0 unspecified atom stereocenters. The molecule has 0 rings (SSSR count). The van der Waals surface area contributed by atoms with Crippen LogP contribution in [0.3, 0.4) is 0 Å². The predicted molar refractivity (Wildman–Crippen MR) is 42.5 cm³/mol. The molecule has 0 atom stereocenters. The van der Waals surface area contributed by atoms with Gasteiger partial charge in [0.15, 0.2) is 0 Å². The van der Waals surface area contributed by atoms with Gasteiger partial charge in [0.1, 0.15) is 13.2 Å². The standard InChI is InChI=1S/C8H14O4/c1-3-4-8(10)12-6-5-11-7(2)9/h3-6H2,1-2H3. The van der Waals surface area contributed by atoms with Gasteiger partial charge < -0.3 is 9.47 Å². The molecule has 0 fully saturated rings. The molecule has 0 N–H and O–H groups in total. The number of hydrogen-bond donors (Lipinski definition) is 0. The van der Waals surface area contributed by atoms with Gasteiger partial charge in [-0.05, 0) is 6.42 Å². The minimum atomic E-state index is -0.360. The molecule has 0 bridgehead atoms. The van der Waals surface area contributed by atoms with Crippen LogP contribution < -0.4 is 0 Å². The molecule has 0 aliphatic carbocycles. The fourth-order valence-electron chi connectivity index (χ4n) is 0.617. The Morgan fingerprint density at radius 1 is 1.17 bits per heavy atom. The molecule has 0 aromatic rings. The van der Waals surface area contributed by atoms with Crippen molar-refractivity contribution < 1.29 is 19.1 Å². The van der Waals surface area contributed by atoms with Crippen LogP contribution in [0.2, 0.25) is 0 Å². The Kier molecular flexibility index (Phi) is 6.05. The van der Waals surface area contributed by atoms with Gasteiger partial charge in [-0.2, -0.15) is 0 Å². The first-order valence-electron chi connectivity index (χ1n) is 3.95. The van der Waals surface area contributed by atoms with E-state index < -0.39 is 0 Å². The third-order valence-corrected chi connectivity index (χ3v) is 1.11. The highest BCUT2D eigenvalue weighted by molar-refractivity contribution is 5.69. The second-order valence-corrected chi connectivity index (χ2v) is 2.31. The molecule has 70 valence electrons. The first kappa shape index (κ1) is 10.9. The highest BCUT2D eigenvalue weighted by atomic mass is 16.6. The van der Waals surface area contributed by atoms with E-state index in [1.165, 1.54) is 6.92 Å². The van der Waals surface area contributed by atoms with Crippen molar-refractivity contribution in [3.63, 3.8) is 0 Å². The first-order valence-corrected chi connectivity index (χ1v) is 3.95. The summed E-state index contributed by atoms with van der Waals surface area (Å²) in [6.45, 7) is 3.50. The number of carbonyl (C=O) groups excluding carboxylic acids is 2. The summed E-state index contributed by atoms with van der Waals surface area (Å²) >= 11 is 0. The van der Waals surface area contributed by atoms with Gasteiger partial charge in [-0.15, -0.1) is 0 Å². The molecule has 0 saturated carbocycles. The van der Waals surface area contributed by atoms with Crippen LogP contribution in [0.1, 0.15) is 26.7 Å². The largest absolute Gasteiger partial charge is 0.462 e. The smallest absolute Gasteiger partial charge is 0.305 e. The topological polar surface area (TPSA) is 52.6 Å². The van der Waals surface area contributed by atoms with Crippen molar-refractivity contribution in [2.24, 2.45) is 0 Å². The Morgan fingerprint density at radius 2 is 1.75 bits per heavy atom. The highest BCUT2D eigenvalue weighted by Gasteiger charge is 2.00. The van der Waals surface area contributed by atoms with Crippen molar-refractivity contribution in [2.45, 2.75) is 26.7 Å². The summed E-state index contributed by atoms with van der Waals surface area (Å²) in [6.07, 6.45) is 1.19. The SMILES string of the molecule is CCCC(=O)OCCOC(C)=O. The van der Waals surface area contributed by atoms with E-state index in [1.54, 1.807) is 0 Å². The fourth-order valence-corrected chi connectivity index (χ4v) is 0.617. The molecule has 0 aromatic carbocycles. The normalized spacial score (nSPS) is 9.17. The van der Waals surface area contributed by atoms with Crippen molar-refractivity contribution in [2.75, 3.05) is 13.2 Å². The van der Waals surface area contributed by atoms with Crippen molar-refractivity contribution in [1.29, 1.82) is 0 Å². The van der Waals surface area contributed by atoms with Gasteiger partial charge in [-0.25, -0.2) is 0 Å². The number of hydrogen-bond acceptors (Lipinski definition) is 4. The van der Waals surface area contributed by atoms with Gasteiger partial charge in [-0.3, -0.25) is 9.59 Å². The molecule has 4 heteroatoms. The number of ether oxygens (including phenoxy) is 2. The minimum absolute atomic E-state index is 0.144. The third-order valence-electron chi connectivity index (χ3n) is 1.11. The molecule has 0 amide bonds. The average molecular weight is 174 g/mol. The molecule has 0 radical (unpaired) electrons. The number of carbonyl (C=O) groups is 2. The lowest BCUT2D eigenvalue weighted by Gasteiger charge is -2.03. The molecule has 12 heavy (non-hydrogen) atoms. The van der Waals surface area contributed by atoms with Crippen LogP contribution in [0.15, 0.2) is 0 Å². The van der Waals surface area contributed by atoms with Gasteiger partial charge in [0.05, 0.1) is 0 Å². The summed E-state index contributed by atoms with van der Waals surface area (Å²) in [4.78, 5) is 21.0. The lowest BCUT2D eigenvalue weighted by atomic mass is 10.3. The zero-order valence-corrected chi connectivity index (χ0v) is 7.46. The van der Waals surface area contributed by atoms with Crippen molar-refractivity contribution in [1.82, 2.24) is 0 Å². The molecule has 0 aliphatic rings. The van der Waals surface area contributed by atoms with Crippen molar-refractivity contribution in [3.05, 3.63) is 0 Å². The Bertz CT molecular complexity index is 153. The van der Waals surface area contributed by atoms with Gasteiger partial charge in [0.25, 0.3) is 0 Å². The minimum Gasteiger partial charge on any atom is -0.462 e. The Hall–Kier alpha value is -1.06. The quantitative estimate of drug-likeness (QED) is 0.459. The molecular formula is C8H14O4. The second-order valence-electron chi connectivity index (χ2n) is 2.31. The summed E-state index contributed by atoms with van der Waals surface area (Å²) in [5.41, 5.74) is 0. The van der Waals surface area contributed by atoms with Gasteiger partial charge in [0, 0.05) is 13.3 Å². The van der Waals surface area contributed by atoms with Crippen LogP contribution in [0.25, 0.3) is 0 Å². The third kappa shape index (κ3) is 7.05. The van der Waals surface area contributed by atoms with Gasteiger partial charge in [0.2, 0.25) is 0 Å². The summed E-state index contributed by atoms with van der Waals surface area (Å²) in [6, 6.07) is 0. The lowest BCUT2D eigenvalue weighted by Crippen LogP contribution is -2.11. The fraction of sp³-hybridized carbons (Fsp3) is 0.750. The van der Waals surface area contributed by atoms with E-state index in [1.807, 2.05) is 6.92 Å². The molecule has 0 saturated heterocycles. The Labute approximate surface area is 71.8 Å². The average Bonchev–Trinajstić information content (AvgIpc) is 1.98. The van der Waals surface area contributed by atoms with E-state index in [0.717, 1.165) is 6.42 Å². The Morgan fingerprint density at radius 3 is 2.25 bits per heavy atom. The summed E-state index contributed by atoms with van der Waals surface area (Å²) in [5, 5.41) is 0.